The van der Waals surface area contributed by atoms with Crippen LogP contribution in [-0.2, 0) is 13.0 Å². The Bertz CT molecular complexity index is 576. The van der Waals surface area contributed by atoms with Crippen molar-refractivity contribution in [2.75, 3.05) is 5.32 Å². The second-order valence-corrected chi connectivity index (χ2v) is 7.10. The molecule has 0 saturated heterocycles. The molecular weight excluding hydrogens is 322 g/mol. The molecular formula is C19H24BrN. The maximum atomic E-state index is 3.56. The average molecular weight is 346 g/mol. The third-order valence-electron chi connectivity index (χ3n) is 3.63. The summed E-state index contributed by atoms with van der Waals surface area (Å²) in [4.78, 5) is 0. The predicted molar refractivity (Wildman–Crippen MR) is 95.9 cm³/mol. The van der Waals surface area contributed by atoms with E-state index in [4.69, 9.17) is 0 Å². The fourth-order valence-corrected chi connectivity index (χ4v) is 3.33. The fourth-order valence-electron chi connectivity index (χ4n) is 2.64. The Morgan fingerprint density at radius 2 is 1.48 bits per heavy atom. The molecule has 0 aromatic heterocycles. The van der Waals surface area contributed by atoms with Crippen molar-refractivity contribution in [1.82, 2.24) is 0 Å². The van der Waals surface area contributed by atoms with Crippen molar-refractivity contribution in [1.29, 1.82) is 0 Å². The van der Waals surface area contributed by atoms with Crippen LogP contribution in [0.3, 0.4) is 0 Å². The second-order valence-electron chi connectivity index (χ2n) is 6.18. The quantitative estimate of drug-likeness (QED) is 0.713. The minimum absolute atomic E-state index is 0.710. The van der Waals surface area contributed by atoms with E-state index in [-0.39, 0.29) is 0 Å². The van der Waals surface area contributed by atoms with Crippen molar-refractivity contribution < 1.29 is 0 Å². The van der Waals surface area contributed by atoms with Crippen molar-refractivity contribution in [2.45, 2.75) is 40.7 Å². The van der Waals surface area contributed by atoms with Gasteiger partial charge in [0.25, 0.3) is 0 Å². The number of hydrogen-bond acceptors (Lipinski definition) is 1. The molecule has 0 aliphatic heterocycles. The Morgan fingerprint density at radius 3 is 2.00 bits per heavy atom. The molecule has 0 aliphatic rings. The van der Waals surface area contributed by atoms with Gasteiger partial charge in [0.05, 0.1) is 0 Å². The van der Waals surface area contributed by atoms with Crippen LogP contribution >= 0.6 is 15.9 Å². The van der Waals surface area contributed by atoms with Crippen LogP contribution in [0.1, 0.15) is 36.1 Å². The van der Waals surface area contributed by atoms with Gasteiger partial charge < -0.3 is 5.32 Å². The topological polar surface area (TPSA) is 12.0 Å². The Hall–Kier alpha value is -1.28. The van der Waals surface area contributed by atoms with Crippen LogP contribution in [-0.4, -0.2) is 0 Å². The molecule has 0 atom stereocenters. The van der Waals surface area contributed by atoms with E-state index in [0.717, 1.165) is 17.4 Å². The summed E-state index contributed by atoms with van der Waals surface area (Å²) in [6.45, 7) is 9.67. The second kappa shape index (κ2) is 7.13. The van der Waals surface area contributed by atoms with Crippen LogP contribution in [0.5, 0.6) is 0 Å². The van der Waals surface area contributed by atoms with E-state index < -0.39 is 0 Å². The Kier molecular flexibility index (Phi) is 5.46. The third kappa shape index (κ3) is 4.60. The van der Waals surface area contributed by atoms with E-state index in [2.05, 4.69) is 85.3 Å². The lowest BCUT2D eigenvalue weighted by Gasteiger charge is -2.14. The molecule has 2 aromatic rings. The molecule has 21 heavy (non-hydrogen) atoms. The molecule has 0 radical (unpaired) electrons. The lowest BCUT2D eigenvalue weighted by molar-refractivity contribution is 0.647. The molecule has 2 heteroatoms. The number of rotatable bonds is 5. The summed E-state index contributed by atoms with van der Waals surface area (Å²) in [6, 6.07) is 13.3. The largest absolute Gasteiger partial charge is 0.381 e. The summed E-state index contributed by atoms with van der Waals surface area (Å²) >= 11 is 3.54. The maximum Gasteiger partial charge on any atom is 0.0403 e. The van der Waals surface area contributed by atoms with Crippen molar-refractivity contribution in [3.8, 4) is 0 Å². The molecule has 0 fully saturated rings. The highest BCUT2D eigenvalue weighted by Crippen LogP contribution is 2.25. The number of anilines is 1. The lowest BCUT2D eigenvalue weighted by Crippen LogP contribution is -2.03. The highest BCUT2D eigenvalue weighted by molar-refractivity contribution is 9.10. The smallest absolute Gasteiger partial charge is 0.0403 e. The van der Waals surface area contributed by atoms with Crippen LogP contribution in [0.2, 0.25) is 0 Å². The van der Waals surface area contributed by atoms with E-state index in [1.807, 2.05) is 0 Å². The molecule has 0 aliphatic carbocycles. The maximum absolute atomic E-state index is 3.56. The molecule has 0 amide bonds. The van der Waals surface area contributed by atoms with Crippen LogP contribution in [0.15, 0.2) is 40.9 Å². The summed E-state index contributed by atoms with van der Waals surface area (Å²) in [5, 5.41) is 3.56. The number of aryl methyl sites for hydroxylation is 2. The summed E-state index contributed by atoms with van der Waals surface area (Å²) in [5.74, 6) is 0.710. The Balaban J connectivity index is 2.03. The van der Waals surface area contributed by atoms with Gasteiger partial charge in [-0.3, -0.25) is 0 Å². The molecule has 2 aromatic carbocycles. The predicted octanol–water partition coefficient (Wildman–Crippen LogP) is 5.88. The van der Waals surface area contributed by atoms with Gasteiger partial charge in [-0.25, -0.2) is 0 Å². The summed E-state index contributed by atoms with van der Waals surface area (Å²) < 4.78 is 1.14. The first-order valence-corrected chi connectivity index (χ1v) is 8.33. The monoisotopic (exact) mass is 345 g/mol. The first kappa shape index (κ1) is 16.1. The summed E-state index contributed by atoms with van der Waals surface area (Å²) in [6.07, 6.45) is 1.15. The first-order chi connectivity index (χ1) is 9.95. The molecule has 0 bridgehead atoms. The van der Waals surface area contributed by atoms with Crippen LogP contribution in [0.25, 0.3) is 0 Å². The molecule has 2 rings (SSSR count). The van der Waals surface area contributed by atoms with Gasteiger partial charge in [0, 0.05) is 16.7 Å². The van der Waals surface area contributed by atoms with Gasteiger partial charge in [0.15, 0.2) is 0 Å². The molecule has 0 spiro atoms. The van der Waals surface area contributed by atoms with E-state index in [0.29, 0.717) is 5.92 Å². The fraction of sp³-hybridized carbons (Fsp3) is 0.368. The van der Waals surface area contributed by atoms with Crippen molar-refractivity contribution >= 4 is 21.6 Å². The van der Waals surface area contributed by atoms with Gasteiger partial charge in [-0.2, -0.15) is 0 Å². The van der Waals surface area contributed by atoms with E-state index in [9.17, 15) is 0 Å². The number of benzene rings is 2. The van der Waals surface area contributed by atoms with Gasteiger partial charge in [-0.05, 0) is 60.6 Å². The summed E-state index contributed by atoms with van der Waals surface area (Å²) in [7, 11) is 0. The Morgan fingerprint density at radius 1 is 0.952 bits per heavy atom. The van der Waals surface area contributed by atoms with Gasteiger partial charge in [0.2, 0.25) is 0 Å². The lowest BCUT2D eigenvalue weighted by atomic mass is 10.0. The SMILES string of the molecule is Cc1cc(Br)cc(C)c1NCc1ccc(CC(C)C)cc1. The van der Waals surface area contributed by atoms with E-state index in [1.165, 1.54) is 27.9 Å². The number of halogens is 1. The van der Waals surface area contributed by atoms with Gasteiger partial charge in [-0.15, -0.1) is 0 Å². The summed E-state index contributed by atoms with van der Waals surface area (Å²) in [5.41, 5.74) is 6.54. The number of nitrogens with one attached hydrogen (secondary N) is 1. The number of hydrogen-bond donors (Lipinski definition) is 1. The van der Waals surface area contributed by atoms with Crippen molar-refractivity contribution in [2.24, 2.45) is 5.92 Å². The van der Waals surface area contributed by atoms with Crippen LogP contribution in [0, 0.1) is 19.8 Å². The molecule has 0 heterocycles. The van der Waals surface area contributed by atoms with Gasteiger partial charge in [-0.1, -0.05) is 54.0 Å². The van der Waals surface area contributed by atoms with Gasteiger partial charge >= 0.3 is 0 Å². The van der Waals surface area contributed by atoms with Crippen molar-refractivity contribution in [3.05, 3.63) is 63.1 Å². The van der Waals surface area contributed by atoms with E-state index in [1.54, 1.807) is 0 Å². The zero-order valence-electron chi connectivity index (χ0n) is 13.3. The minimum Gasteiger partial charge on any atom is -0.381 e. The third-order valence-corrected chi connectivity index (χ3v) is 4.09. The normalized spacial score (nSPS) is 11.0. The van der Waals surface area contributed by atoms with Crippen LogP contribution in [0.4, 0.5) is 5.69 Å². The van der Waals surface area contributed by atoms with Crippen molar-refractivity contribution in [3.63, 3.8) is 0 Å². The molecule has 0 saturated carbocycles. The average Bonchev–Trinajstić information content (AvgIpc) is 2.38. The highest BCUT2D eigenvalue weighted by Gasteiger charge is 2.04. The molecule has 0 unspecified atom stereocenters. The Labute approximate surface area is 136 Å². The van der Waals surface area contributed by atoms with Gasteiger partial charge in [0.1, 0.15) is 0 Å². The highest BCUT2D eigenvalue weighted by atomic mass is 79.9. The standard InChI is InChI=1S/C19H24BrN/c1-13(2)9-16-5-7-17(8-6-16)12-21-19-14(3)10-18(20)11-15(19)4/h5-8,10-11,13,21H,9,12H2,1-4H3. The molecule has 112 valence electrons. The molecule has 1 nitrogen and oxygen atoms in total. The minimum atomic E-state index is 0.710. The first-order valence-electron chi connectivity index (χ1n) is 7.54. The van der Waals surface area contributed by atoms with E-state index >= 15 is 0 Å². The zero-order chi connectivity index (χ0) is 15.4. The zero-order valence-corrected chi connectivity index (χ0v) is 14.9. The molecule has 1 N–H and O–H groups in total. The van der Waals surface area contributed by atoms with Crippen LogP contribution < -0.4 is 5.32 Å².